The van der Waals surface area contributed by atoms with Crippen molar-refractivity contribution in [3.63, 3.8) is 0 Å². The summed E-state index contributed by atoms with van der Waals surface area (Å²) in [5.41, 5.74) is 6.18. The quantitative estimate of drug-likeness (QED) is 0.657. The lowest BCUT2D eigenvalue weighted by molar-refractivity contribution is 0.196. The van der Waals surface area contributed by atoms with E-state index in [0.717, 1.165) is 31.1 Å². The third-order valence-corrected chi connectivity index (χ3v) is 5.80. The normalized spacial score (nSPS) is 17.3. The minimum absolute atomic E-state index is 0.450. The first kappa shape index (κ1) is 19.5. The molecule has 1 N–H and O–H groups in total. The van der Waals surface area contributed by atoms with Crippen LogP contribution in [0.25, 0.3) is 11.1 Å². The van der Waals surface area contributed by atoms with E-state index in [4.69, 9.17) is 9.47 Å². The molecule has 2 aromatic carbocycles. The van der Waals surface area contributed by atoms with Gasteiger partial charge < -0.3 is 9.47 Å². The predicted octanol–water partition coefficient (Wildman–Crippen LogP) is 4.78. The van der Waals surface area contributed by atoms with E-state index in [1.54, 1.807) is 14.2 Å². The molecule has 1 fully saturated rings. The number of hydrogen-bond donors (Lipinski definition) is 1. The van der Waals surface area contributed by atoms with Gasteiger partial charge in [-0.15, -0.1) is 0 Å². The van der Waals surface area contributed by atoms with Gasteiger partial charge in [-0.3, -0.25) is 10.00 Å². The minimum atomic E-state index is 0.450. The van der Waals surface area contributed by atoms with Crippen LogP contribution in [0.5, 0.6) is 11.5 Å². The molecule has 2 heterocycles. The highest BCUT2D eigenvalue weighted by Gasteiger charge is 2.25. The lowest BCUT2D eigenvalue weighted by Gasteiger charge is -2.33. The number of nitrogens with one attached hydrogen (secondary N) is 1. The summed E-state index contributed by atoms with van der Waals surface area (Å²) in [6, 6.07) is 14.7. The van der Waals surface area contributed by atoms with Crippen molar-refractivity contribution in [3.05, 3.63) is 65.5 Å². The average Bonchev–Trinajstić information content (AvgIpc) is 3.24. The molecule has 1 unspecified atom stereocenters. The van der Waals surface area contributed by atoms with Crippen molar-refractivity contribution in [2.24, 2.45) is 0 Å². The third kappa shape index (κ3) is 4.30. The van der Waals surface area contributed by atoms with E-state index in [2.05, 4.69) is 52.4 Å². The van der Waals surface area contributed by atoms with Gasteiger partial charge in [0.1, 0.15) is 11.5 Å². The van der Waals surface area contributed by atoms with Crippen LogP contribution < -0.4 is 9.47 Å². The molecule has 3 aromatic rings. The van der Waals surface area contributed by atoms with E-state index in [-0.39, 0.29) is 0 Å². The highest BCUT2D eigenvalue weighted by Crippen LogP contribution is 2.34. The van der Waals surface area contributed by atoms with Crippen LogP contribution >= 0.6 is 0 Å². The number of nitrogens with zero attached hydrogens (tertiary/aromatic N) is 2. The van der Waals surface area contributed by atoms with Crippen LogP contribution in [-0.2, 0) is 6.54 Å². The fraction of sp³-hybridized carbons (Fsp3) is 0.375. The fourth-order valence-corrected chi connectivity index (χ4v) is 4.31. The number of H-pyrrole nitrogens is 1. The Labute approximate surface area is 172 Å². The molecule has 29 heavy (non-hydrogen) atoms. The Kier molecular flexibility index (Phi) is 5.86. The third-order valence-electron chi connectivity index (χ3n) is 5.80. The van der Waals surface area contributed by atoms with Crippen LogP contribution in [0.4, 0.5) is 0 Å². The average molecular weight is 392 g/mol. The second-order valence-electron chi connectivity index (χ2n) is 7.82. The Morgan fingerprint density at radius 2 is 2.03 bits per heavy atom. The highest BCUT2D eigenvalue weighted by molar-refractivity contribution is 5.66. The fourth-order valence-electron chi connectivity index (χ4n) is 4.31. The van der Waals surface area contributed by atoms with Crippen LogP contribution in [0, 0.1) is 6.92 Å². The molecule has 5 heteroatoms. The molecule has 1 aliphatic rings. The van der Waals surface area contributed by atoms with E-state index < -0.39 is 0 Å². The molecule has 0 amide bonds. The molecule has 5 nitrogen and oxygen atoms in total. The standard InChI is InChI=1S/C24H29N3O2/c1-17-6-4-7-18(12-17)22-14-25-26-24(22)20-8-5-11-27(16-20)15-19-9-10-21(28-2)13-23(19)29-3/h4,6-7,9-10,12-14,20H,5,8,11,15-16H2,1-3H3,(H,25,26). The van der Waals surface area contributed by atoms with E-state index >= 15 is 0 Å². The maximum absolute atomic E-state index is 5.59. The number of piperidine rings is 1. The Morgan fingerprint density at radius 3 is 2.83 bits per heavy atom. The van der Waals surface area contributed by atoms with Gasteiger partial charge in [-0.2, -0.15) is 5.10 Å². The first-order valence-electron chi connectivity index (χ1n) is 10.2. The van der Waals surface area contributed by atoms with Gasteiger partial charge in [-0.05, 0) is 37.9 Å². The van der Waals surface area contributed by atoms with E-state index in [1.165, 1.54) is 40.8 Å². The number of aromatic amines is 1. The van der Waals surface area contributed by atoms with Crippen molar-refractivity contribution in [2.75, 3.05) is 27.3 Å². The first-order chi connectivity index (χ1) is 14.2. The molecule has 0 radical (unpaired) electrons. The maximum atomic E-state index is 5.59. The SMILES string of the molecule is COc1ccc(CN2CCCC(c3[nH]ncc3-c3cccc(C)c3)C2)c(OC)c1. The van der Waals surface area contributed by atoms with Crippen LogP contribution in [-0.4, -0.2) is 42.4 Å². The highest BCUT2D eigenvalue weighted by atomic mass is 16.5. The summed E-state index contributed by atoms with van der Waals surface area (Å²) in [4.78, 5) is 2.51. The summed E-state index contributed by atoms with van der Waals surface area (Å²) in [5.74, 6) is 2.15. The van der Waals surface area contributed by atoms with Crippen molar-refractivity contribution in [1.82, 2.24) is 15.1 Å². The smallest absolute Gasteiger partial charge is 0.127 e. The molecule has 1 aromatic heterocycles. The number of methoxy groups -OCH3 is 2. The molecule has 1 saturated heterocycles. The summed E-state index contributed by atoms with van der Waals surface area (Å²) in [6.07, 6.45) is 4.32. The maximum Gasteiger partial charge on any atom is 0.127 e. The van der Waals surface area contributed by atoms with Crippen molar-refractivity contribution >= 4 is 0 Å². The summed E-state index contributed by atoms with van der Waals surface area (Å²) in [7, 11) is 3.40. The number of hydrogen-bond acceptors (Lipinski definition) is 4. The Morgan fingerprint density at radius 1 is 1.14 bits per heavy atom. The van der Waals surface area contributed by atoms with Gasteiger partial charge in [0.25, 0.3) is 0 Å². The molecule has 1 atom stereocenters. The van der Waals surface area contributed by atoms with Gasteiger partial charge in [0, 0.05) is 41.9 Å². The molecule has 0 bridgehead atoms. The Hall–Kier alpha value is -2.79. The monoisotopic (exact) mass is 391 g/mol. The van der Waals surface area contributed by atoms with Gasteiger partial charge in [0.2, 0.25) is 0 Å². The number of ether oxygens (including phenoxy) is 2. The summed E-state index contributed by atoms with van der Waals surface area (Å²) >= 11 is 0. The number of benzene rings is 2. The second kappa shape index (κ2) is 8.70. The van der Waals surface area contributed by atoms with Crippen molar-refractivity contribution in [2.45, 2.75) is 32.2 Å². The largest absolute Gasteiger partial charge is 0.497 e. The zero-order valence-electron chi connectivity index (χ0n) is 17.4. The lowest BCUT2D eigenvalue weighted by atomic mass is 9.90. The Balaban J connectivity index is 1.52. The second-order valence-corrected chi connectivity index (χ2v) is 7.82. The zero-order valence-corrected chi connectivity index (χ0v) is 17.4. The lowest BCUT2D eigenvalue weighted by Crippen LogP contribution is -2.34. The number of likely N-dealkylation sites (tertiary alicyclic amines) is 1. The number of aryl methyl sites for hydroxylation is 1. The summed E-state index contributed by atoms with van der Waals surface area (Å²) in [6.45, 7) is 5.11. The van der Waals surface area contributed by atoms with Crippen LogP contribution in [0.15, 0.2) is 48.7 Å². The van der Waals surface area contributed by atoms with Gasteiger partial charge in [-0.1, -0.05) is 35.9 Å². The van der Waals surface area contributed by atoms with Crippen molar-refractivity contribution < 1.29 is 9.47 Å². The molecule has 1 aliphatic heterocycles. The van der Waals surface area contributed by atoms with Crippen LogP contribution in [0.2, 0.25) is 0 Å². The first-order valence-corrected chi connectivity index (χ1v) is 10.2. The molecule has 0 spiro atoms. The number of rotatable bonds is 6. The minimum Gasteiger partial charge on any atom is -0.497 e. The molecule has 152 valence electrons. The van der Waals surface area contributed by atoms with Crippen molar-refractivity contribution in [3.8, 4) is 22.6 Å². The molecular formula is C24H29N3O2. The van der Waals surface area contributed by atoms with Crippen LogP contribution in [0.1, 0.15) is 35.6 Å². The molecule has 0 saturated carbocycles. The molecular weight excluding hydrogens is 362 g/mol. The summed E-state index contributed by atoms with van der Waals surface area (Å²) < 4.78 is 10.9. The van der Waals surface area contributed by atoms with Gasteiger partial charge in [0.05, 0.1) is 20.4 Å². The van der Waals surface area contributed by atoms with Gasteiger partial charge >= 0.3 is 0 Å². The predicted molar refractivity (Wildman–Crippen MR) is 116 cm³/mol. The topological polar surface area (TPSA) is 50.4 Å². The van der Waals surface area contributed by atoms with Gasteiger partial charge in [-0.25, -0.2) is 0 Å². The molecule has 0 aliphatic carbocycles. The van der Waals surface area contributed by atoms with E-state index in [0.29, 0.717) is 5.92 Å². The van der Waals surface area contributed by atoms with E-state index in [1.807, 2.05) is 18.3 Å². The van der Waals surface area contributed by atoms with Gasteiger partial charge in [0.15, 0.2) is 0 Å². The molecule has 4 rings (SSSR count). The zero-order chi connectivity index (χ0) is 20.2. The summed E-state index contributed by atoms with van der Waals surface area (Å²) in [5, 5.41) is 7.68. The number of aromatic nitrogens is 2. The van der Waals surface area contributed by atoms with E-state index in [9.17, 15) is 0 Å². The van der Waals surface area contributed by atoms with Crippen molar-refractivity contribution in [1.29, 1.82) is 0 Å². The Bertz CT molecular complexity index is 966. The van der Waals surface area contributed by atoms with Crippen LogP contribution in [0.3, 0.4) is 0 Å².